The molecule has 21 heavy (non-hydrogen) atoms. The molecule has 0 spiro atoms. The molecular formula is C16H24N2O3. The van der Waals surface area contributed by atoms with E-state index in [1.165, 1.54) is 0 Å². The van der Waals surface area contributed by atoms with Gasteiger partial charge in [-0.25, -0.2) is 0 Å². The van der Waals surface area contributed by atoms with E-state index >= 15 is 0 Å². The van der Waals surface area contributed by atoms with Crippen molar-refractivity contribution in [2.45, 2.75) is 38.7 Å². The number of carbonyl (C=O) groups is 1. The van der Waals surface area contributed by atoms with Crippen molar-refractivity contribution < 1.29 is 14.6 Å². The molecule has 0 saturated heterocycles. The molecule has 0 radical (unpaired) electrons. The molecule has 5 nitrogen and oxygen atoms in total. The van der Waals surface area contributed by atoms with Crippen molar-refractivity contribution in [1.82, 2.24) is 5.32 Å². The van der Waals surface area contributed by atoms with E-state index in [1.807, 2.05) is 6.92 Å². The van der Waals surface area contributed by atoms with Crippen LogP contribution in [0.15, 0.2) is 18.2 Å². The van der Waals surface area contributed by atoms with Gasteiger partial charge in [0.25, 0.3) is 5.91 Å². The Labute approximate surface area is 125 Å². The minimum absolute atomic E-state index is 0.130. The molecule has 0 atom stereocenters. The number of rotatable bonds is 5. The number of nitrogens with one attached hydrogen (secondary N) is 1. The predicted octanol–water partition coefficient (Wildman–Crippen LogP) is 1.95. The Bertz CT molecular complexity index is 482. The van der Waals surface area contributed by atoms with Crippen LogP contribution < -0.4 is 15.8 Å². The lowest BCUT2D eigenvalue weighted by Crippen LogP contribution is -2.32. The second-order valence-corrected chi connectivity index (χ2v) is 5.61. The van der Waals surface area contributed by atoms with Crippen LogP contribution in [0.5, 0.6) is 5.75 Å². The van der Waals surface area contributed by atoms with Crippen molar-refractivity contribution in [1.29, 1.82) is 0 Å². The Balaban J connectivity index is 1.90. The summed E-state index contributed by atoms with van der Waals surface area (Å²) < 4.78 is 5.40. The molecule has 1 amide bonds. The molecule has 0 unspecified atom stereocenters. The molecule has 1 aromatic rings. The Morgan fingerprint density at radius 3 is 2.71 bits per heavy atom. The van der Waals surface area contributed by atoms with Crippen LogP contribution in [0.25, 0.3) is 0 Å². The van der Waals surface area contributed by atoms with Crippen molar-refractivity contribution in [3.8, 4) is 5.75 Å². The highest BCUT2D eigenvalue weighted by Gasteiger charge is 2.20. The van der Waals surface area contributed by atoms with Gasteiger partial charge < -0.3 is 20.9 Å². The summed E-state index contributed by atoms with van der Waals surface area (Å²) in [5, 5.41) is 12.4. The average molecular weight is 292 g/mol. The van der Waals surface area contributed by atoms with Gasteiger partial charge in [-0.3, -0.25) is 4.79 Å². The number of aliphatic hydroxyl groups excluding tert-OH is 1. The highest BCUT2D eigenvalue weighted by atomic mass is 16.5. The van der Waals surface area contributed by atoms with Gasteiger partial charge in [-0.15, -0.1) is 0 Å². The normalized spacial score (nSPS) is 21.8. The molecule has 2 rings (SSSR count). The fourth-order valence-electron chi connectivity index (χ4n) is 2.69. The van der Waals surface area contributed by atoms with Gasteiger partial charge in [0.1, 0.15) is 5.75 Å². The third-order valence-corrected chi connectivity index (χ3v) is 3.87. The zero-order chi connectivity index (χ0) is 15.2. The van der Waals surface area contributed by atoms with Crippen LogP contribution in [0.3, 0.4) is 0 Å². The van der Waals surface area contributed by atoms with Gasteiger partial charge in [-0.2, -0.15) is 0 Å². The minimum atomic E-state index is -0.167. The van der Waals surface area contributed by atoms with E-state index in [-0.39, 0.29) is 12.0 Å². The number of aliphatic hydroxyl groups is 1. The first-order valence-electron chi connectivity index (χ1n) is 7.58. The number of ether oxygens (including phenoxy) is 1. The molecule has 0 aliphatic heterocycles. The van der Waals surface area contributed by atoms with Gasteiger partial charge in [-0.1, -0.05) is 0 Å². The van der Waals surface area contributed by atoms with Gasteiger partial charge in [0, 0.05) is 23.9 Å². The summed E-state index contributed by atoms with van der Waals surface area (Å²) in [6, 6.07) is 5.07. The van der Waals surface area contributed by atoms with E-state index in [0.717, 1.165) is 25.7 Å². The van der Waals surface area contributed by atoms with Crippen LogP contribution in [0.1, 0.15) is 43.0 Å². The maximum Gasteiger partial charge on any atom is 0.251 e. The number of anilines is 1. The standard InChI is InChI=1S/C16H24N2O3/c1-2-21-15-8-12(7-13(17)9-15)16(20)18-10-11-3-5-14(19)6-4-11/h7-9,11,14,19H,2-6,10,17H2,1H3,(H,18,20). The zero-order valence-electron chi connectivity index (χ0n) is 12.5. The van der Waals surface area contributed by atoms with Gasteiger partial charge in [0.15, 0.2) is 0 Å². The monoisotopic (exact) mass is 292 g/mol. The van der Waals surface area contributed by atoms with Crippen LogP contribution in [0.2, 0.25) is 0 Å². The zero-order valence-corrected chi connectivity index (χ0v) is 12.5. The van der Waals surface area contributed by atoms with E-state index in [9.17, 15) is 9.90 Å². The Kier molecular flexibility index (Phi) is 5.44. The summed E-state index contributed by atoms with van der Waals surface area (Å²) in [5.41, 5.74) is 6.84. The quantitative estimate of drug-likeness (QED) is 0.724. The maximum atomic E-state index is 12.2. The summed E-state index contributed by atoms with van der Waals surface area (Å²) in [7, 11) is 0. The van der Waals surface area contributed by atoms with Crippen LogP contribution in [-0.4, -0.2) is 30.3 Å². The fourth-order valence-corrected chi connectivity index (χ4v) is 2.69. The molecular weight excluding hydrogens is 268 g/mol. The lowest BCUT2D eigenvalue weighted by Gasteiger charge is -2.25. The highest BCUT2D eigenvalue weighted by molar-refractivity contribution is 5.95. The number of amides is 1. The number of carbonyl (C=O) groups excluding carboxylic acids is 1. The summed E-state index contributed by atoms with van der Waals surface area (Å²) in [6.07, 6.45) is 3.41. The second-order valence-electron chi connectivity index (χ2n) is 5.61. The number of hydrogen-bond donors (Lipinski definition) is 3. The van der Waals surface area contributed by atoms with E-state index < -0.39 is 0 Å². The number of nitrogens with two attached hydrogens (primary N) is 1. The molecule has 1 aliphatic carbocycles. The minimum Gasteiger partial charge on any atom is -0.494 e. The highest BCUT2D eigenvalue weighted by Crippen LogP contribution is 2.24. The molecule has 1 aromatic carbocycles. The van der Waals surface area contributed by atoms with Crippen molar-refractivity contribution in [2.75, 3.05) is 18.9 Å². The van der Waals surface area contributed by atoms with Crippen molar-refractivity contribution in [2.24, 2.45) is 5.92 Å². The molecule has 1 fully saturated rings. The molecule has 0 bridgehead atoms. The first-order chi connectivity index (χ1) is 10.1. The molecule has 1 saturated carbocycles. The van der Waals surface area contributed by atoms with Crippen LogP contribution in [-0.2, 0) is 0 Å². The molecule has 0 heterocycles. The second kappa shape index (κ2) is 7.31. The first-order valence-corrected chi connectivity index (χ1v) is 7.58. The van der Waals surface area contributed by atoms with Crippen LogP contribution >= 0.6 is 0 Å². The largest absolute Gasteiger partial charge is 0.494 e. The summed E-state index contributed by atoms with van der Waals surface area (Å²) >= 11 is 0. The third kappa shape index (κ3) is 4.63. The Hall–Kier alpha value is -1.75. The van der Waals surface area contributed by atoms with Gasteiger partial charge >= 0.3 is 0 Å². The molecule has 4 N–H and O–H groups in total. The van der Waals surface area contributed by atoms with Crippen molar-refractivity contribution in [3.63, 3.8) is 0 Å². The summed E-state index contributed by atoms with van der Waals surface area (Å²) in [6.45, 7) is 3.07. The van der Waals surface area contributed by atoms with E-state index in [2.05, 4.69) is 5.32 Å². The van der Waals surface area contributed by atoms with E-state index in [4.69, 9.17) is 10.5 Å². The summed E-state index contributed by atoms with van der Waals surface area (Å²) in [4.78, 5) is 12.2. The van der Waals surface area contributed by atoms with Crippen molar-refractivity contribution >= 4 is 11.6 Å². The Morgan fingerprint density at radius 2 is 2.05 bits per heavy atom. The first kappa shape index (κ1) is 15.6. The van der Waals surface area contributed by atoms with E-state index in [1.54, 1.807) is 18.2 Å². The topological polar surface area (TPSA) is 84.6 Å². The van der Waals surface area contributed by atoms with Crippen LogP contribution in [0.4, 0.5) is 5.69 Å². The van der Waals surface area contributed by atoms with Gasteiger partial charge in [0.2, 0.25) is 0 Å². The van der Waals surface area contributed by atoms with Gasteiger partial charge in [0.05, 0.1) is 12.7 Å². The SMILES string of the molecule is CCOc1cc(N)cc(C(=O)NCC2CCC(O)CC2)c1. The van der Waals surface area contributed by atoms with E-state index in [0.29, 0.717) is 36.1 Å². The van der Waals surface area contributed by atoms with Crippen LogP contribution in [0, 0.1) is 5.92 Å². The lowest BCUT2D eigenvalue weighted by atomic mass is 9.87. The summed E-state index contributed by atoms with van der Waals surface area (Å²) in [5.74, 6) is 0.933. The Morgan fingerprint density at radius 1 is 1.33 bits per heavy atom. The molecule has 0 aromatic heterocycles. The molecule has 116 valence electrons. The molecule has 5 heteroatoms. The predicted molar refractivity (Wildman–Crippen MR) is 82.3 cm³/mol. The number of nitrogen functional groups attached to an aromatic ring is 1. The lowest BCUT2D eigenvalue weighted by molar-refractivity contribution is 0.0910. The van der Waals surface area contributed by atoms with Gasteiger partial charge in [-0.05, 0) is 50.7 Å². The van der Waals surface area contributed by atoms with Crippen molar-refractivity contribution in [3.05, 3.63) is 23.8 Å². The maximum absolute atomic E-state index is 12.2. The number of hydrogen-bond acceptors (Lipinski definition) is 4. The third-order valence-electron chi connectivity index (χ3n) is 3.87. The average Bonchev–Trinajstić information content (AvgIpc) is 2.46. The number of benzene rings is 1. The molecule has 1 aliphatic rings. The fraction of sp³-hybridized carbons (Fsp3) is 0.562. The smallest absolute Gasteiger partial charge is 0.251 e.